The van der Waals surface area contributed by atoms with Crippen LogP contribution in [0.1, 0.15) is 28.7 Å². The minimum absolute atomic E-state index is 0.0882. The minimum Gasteiger partial charge on any atom is -0.448 e. The molecular formula is C24H23N3O2. The van der Waals surface area contributed by atoms with Gasteiger partial charge in [-0.15, -0.1) is 0 Å². The zero-order valence-corrected chi connectivity index (χ0v) is 16.1. The van der Waals surface area contributed by atoms with Crippen LogP contribution < -0.4 is 5.32 Å². The van der Waals surface area contributed by atoms with E-state index < -0.39 is 0 Å². The Morgan fingerprint density at radius 1 is 1.00 bits per heavy atom. The van der Waals surface area contributed by atoms with E-state index in [2.05, 4.69) is 58.8 Å². The van der Waals surface area contributed by atoms with Crippen LogP contribution in [-0.4, -0.2) is 42.2 Å². The lowest BCUT2D eigenvalue weighted by Gasteiger charge is -2.33. The molecule has 0 bridgehead atoms. The van der Waals surface area contributed by atoms with Crippen molar-refractivity contribution in [3.05, 3.63) is 89.7 Å². The van der Waals surface area contributed by atoms with Gasteiger partial charge in [0.1, 0.15) is 6.61 Å². The number of benzene rings is 2. The molecule has 1 aromatic heterocycles. The van der Waals surface area contributed by atoms with E-state index in [1.165, 1.54) is 22.3 Å². The van der Waals surface area contributed by atoms with E-state index in [-0.39, 0.29) is 18.1 Å². The van der Waals surface area contributed by atoms with Crippen molar-refractivity contribution in [2.45, 2.75) is 12.0 Å². The summed E-state index contributed by atoms with van der Waals surface area (Å²) in [6.07, 6.45) is 3.32. The zero-order valence-electron chi connectivity index (χ0n) is 16.1. The van der Waals surface area contributed by atoms with Gasteiger partial charge in [0.2, 0.25) is 0 Å². The van der Waals surface area contributed by atoms with Crippen LogP contribution in [0.3, 0.4) is 0 Å². The summed E-state index contributed by atoms with van der Waals surface area (Å²) in [7, 11) is 0. The molecule has 1 aliphatic carbocycles. The molecule has 2 aromatic carbocycles. The maximum atomic E-state index is 12.8. The first-order valence-corrected chi connectivity index (χ1v) is 10.0. The average molecular weight is 385 g/mol. The molecule has 1 N–H and O–H groups in total. The Hall–Kier alpha value is -3.18. The largest absolute Gasteiger partial charge is 0.448 e. The summed E-state index contributed by atoms with van der Waals surface area (Å²) in [5, 5.41) is 3.47. The highest BCUT2D eigenvalue weighted by Crippen LogP contribution is 2.44. The second-order valence-corrected chi connectivity index (χ2v) is 7.54. The van der Waals surface area contributed by atoms with E-state index in [0.717, 1.165) is 12.1 Å². The third-order valence-corrected chi connectivity index (χ3v) is 5.88. The van der Waals surface area contributed by atoms with Crippen LogP contribution in [0.25, 0.3) is 11.1 Å². The summed E-state index contributed by atoms with van der Waals surface area (Å²) in [4.78, 5) is 18.7. The van der Waals surface area contributed by atoms with Crippen LogP contribution in [0.2, 0.25) is 0 Å². The zero-order chi connectivity index (χ0) is 19.6. The van der Waals surface area contributed by atoms with Crippen molar-refractivity contribution in [2.24, 2.45) is 0 Å². The molecule has 1 atom stereocenters. The van der Waals surface area contributed by atoms with Gasteiger partial charge in [-0.25, -0.2) is 4.79 Å². The Balaban J connectivity index is 1.29. The maximum Gasteiger partial charge on any atom is 0.409 e. The molecule has 5 rings (SSSR count). The Morgan fingerprint density at radius 2 is 1.66 bits per heavy atom. The van der Waals surface area contributed by atoms with Crippen LogP contribution in [0, 0.1) is 0 Å². The van der Waals surface area contributed by atoms with Gasteiger partial charge in [0, 0.05) is 37.9 Å². The lowest BCUT2D eigenvalue weighted by atomic mass is 9.98. The number of piperazine rings is 1. The number of rotatable bonds is 3. The molecule has 1 amide bonds. The predicted molar refractivity (Wildman–Crippen MR) is 112 cm³/mol. The Morgan fingerprint density at radius 3 is 2.34 bits per heavy atom. The molecule has 1 fully saturated rings. The van der Waals surface area contributed by atoms with Crippen molar-refractivity contribution in [3.8, 4) is 11.1 Å². The molecule has 1 unspecified atom stereocenters. The molecule has 0 radical (unpaired) electrons. The Labute approximate surface area is 170 Å². The van der Waals surface area contributed by atoms with Crippen LogP contribution in [0.5, 0.6) is 0 Å². The van der Waals surface area contributed by atoms with Crippen LogP contribution in [0.15, 0.2) is 73.1 Å². The number of aromatic nitrogens is 1. The van der Waals surface area contributed by atoms with Crippen molar-refractivity contribution in [2.75, 3.05) is 26.2 Å². The summed E-state index contributed by atoms with van der Waals surface area (Å²) in [5.41, 5.74) is 6.08. The first-order chi connectivity index (χ1) is 14.3. The van der Waals surface area contributed by atoms with Gasteiger partial charge in [0.05, 0.1) is 6.04 Å². The van der Waals surface area contributed by atoms with Crippen molar-refractivity contribution < 1.29 is 9.53 Å². The molecule has 5 nitrogen and oxygen atoms in total. The van der Waals surface area contributed by atoms with Crippen LogP contribution in [-0.2, 0) is 4.74 Å². The van der Waals surface area contributed by atoms with Gasteiger partial charge in [-0.3, -0.25) is 4.98 Å². The summed E-state index contributed by atoms with van der Waals surface area (Å²) in [5.74, 6) is 0.0882. The third kappa shape index (κ3) is 3.38. The van der Waals surface area contributed by atoms with E-state index >= 15 is 0 Å². The topological polar surface area (TPSA) is 54.5 Å². The standard InChI is InChI=1S/C24H23N3O2/c28-24(27-14-13-26-23(15-27)17-9-11-25-12-10-17)29-16-22-20-7-3-1-5-18(20)19-6-2-4-8-21(19)22/h1-12,22-23,26H,13-16H2. The monoisotopic (exact) mass is 385 g/mol. The molecule has 29 heavy (non-hydrogen) atoms. The maximum absolute atomic E-state index is 12.8. The number of amides is 1. The Bertz CT molecular complexity index is 976. The van der Waals surface area contributed by atoms with Crippen molar-refractivity contribution >= 4 is 6.09 Å². The van der Waals surface area contributed by atoms with E-state index in [1.807, 2.05) is 12.1 Å². The van der Waals surface area contributed by atoms with Crippen molar-refractivity contribution in [1.29, 1.82) is 0 Å². The minimum atomic E-state index is -0.243. The molecule has 5 heteroatoms. The van der Waals surface area contributed by atoms with Crippen molar-refractivity contribution in [1.82, 2.24) is 15.2 Å². The molecule has 1 saturated heterocycles. The summed E-state index contributed by atoms with van der Waals surface area (Å²) < 4.78 is 5.81. The number of nitrogens with one attached hydrogen (secondary N) is 1. The number of ether oxygens (including phenoxy) is 1. The summed E-state index contributed by atoms with van der Waals surface area (Å²) in [6, 6.07) is 20.9. The molecule has 2 aliphatic rings. The van der Waals surface area contributed by atoms with E-state index in [9.17, 15) is 4.79 Å². The van der Waals surface area contributed by atoms with Gasteiger partial charge < -0.3 is 15.0 Å². The van der Waals surface area contributed by atoms with E-state index in [1.54, 1.807) is 17.3 Å². The summed E-state index contributed by atoms with van der Waals surface area (Å²) in [6.45, 7) is 2.35. The van der Waals surface area contributed by atoms with Gasteiger partial charge in [-0.1, -0.05) is 48.5 Å². The lowest BCUT2D eigenvalue weighted by molar-refractivity contribution is 0.0883. The molecule has 2 heterocycles. The third-order valence-electron chi connectivity index (χ3n) is 5.88. The normalized spacial score (nSPS) is 18.2. The number of fused-ring (bicyclic) bond motifs is 3. The molecular weight excluding hydrogens is 362 g/mol. The lowest BCUT2D eigenvalue weighted by Crippen LogP contribution is -2.48. The number of hydrogen-bond donors (Lipinski definition) is 1. The number of hydrogen-bond acceptors (Lipinski definition) is 4. The number of pyridine rings is 1. The number of nitrogens with zero attached hydrogens (tertiary/aromatic N) is 2. The van der Waals surface area contributed by atoms with Gasteiger partial charge in [0.15, 0.2) is 0 Å². The highest BCUT2D eigenvalue weighted by atomic mass is 16.6. The quantitative estimate of drug-likeness (QED) is 0.741. The molecule has 1 aliphatic heterocycles. The average Bonchev–Trinajstić information content (AvgIpc) is 3.12. The second kappa shape index (κ2) is 7.68. The predicted octanol–water partition coefficient (Wildman–Crippen LogP) is 3.98. The smallest absolute Gasteiger partial charge is 0.409 e. The van der Waals surface area contributed by atoms with Gasteiger partial charge in [-0.05, 0) is 39.9 Å². The van der Waals surface area contributed by atoms with Gasteiger partial charge in [0.25, 0.3) is 0 Å². The van der Waals surface area contributed by atoms with E-state index in [4.69, 9.17) is 4.74 Å². The fourth-order valence-corrected chi connectivity index (χ4v) is 4.42. The molecule has 146 valence electrons. The van der Waals surface area contributed by atoms with Crippen LogP contribution >= 0.6 is 0 Å². The fraction of sp³-hybridized carbons (Fsp3) is 0.250. The van der Waals surface area contributed by atoms with Crippen molar-refractivity contribution in [3.63, 3.8) is 0 Å². The van der Waals surface area contributed by atoms with Crippen LogP contribution in [0.4, 0.5) is 4.79 Å². The molecule has 0 spiro atoms. The summed E-state index contributed by atoms with van der Waals surface area (Å²) >= 11 is 0. The second-order valence-electron chi connectivity index (χ2n) is 7.54. The number of carbonyl (C=O) groups excluding carboxylic acids is 1. The first kappa shape index (κ1) is 17.9. The highest BCUT2D eigenvalue weighted by Gasteiger charge is 2.31. The highest BCUT2D eigenvalue weighted by molar-refractivity contribution is 5.79. The fourth-order valence-electron chi connectivity index (χ4n) is 4.42. The van der Waals surface area contributed by atoms with Gasteiger partial charge >= 0.3 is 6.09 Å². The molecule has 3 aromatic rings. The Kier molecular flexibility index (Phi) is 4.74. The SMILES string of the molecule is O=C(OCC1c2ccccc2-c2ccccc21)N1CCNC(c2ccncc2)C1. The van der Waals surface area contributed by atoms with E-state index in [0.29, 0.717) is 19.7 Å². The first-order valence-electron chi connectivity index (χ1n) is 10.0. The van der Waals surface area contributed by atoms with Gasteiger partial charge in [-0.2, -0.15) is 0 Å². The molecule has 0 saturated carbocycles. The number of carbonyl (C=O) groups is 1.